The maximum absolute atomic E-state index is 12.8. The number of allylic oxidation sites excluding steroid dienone is 1. The van der Waals surface area contributed by atoms with Gasteiger partial charge in [0.05, 0.1) is 9.46 Å². The van der Waals surface area contributed by atoms with Gasteiger partial charge in [0.15, 0.2) is 5.78 Å². The van der Waals surface area contributed by atoms with Crippen LogP contribution in [0.15, 0.2) is 64.1 Å². The molecule has 1 aliphatic carbocycles. The van der Waals surface area contributed by atoms with Gasteiger partial charge in [0, 0.05) is 16.5 Å². The molecule has 148 valence electrons. The van der Waals surface area contributed by atoms with E-state index in [0.29, 0.717) is 20.1 Å². The molecule has 3 rings (SSSR count). The van der Waals surface area contributed by atoms with E-state index in [-0.39, 0.29) is 12.2 Å². The molecule has 0 heterocycles. The van der Waals surface area contributed by atoms with Crippen molar-refractivity contribution in [1.82, 2.24) is 0 Å². The summed E-state index contributed by atoms with van der Waals surface area (Å²) in [5.41, 5.74) is -1.52. The molecule has 1 aliphatic rings. The highest BCUT2D eigenvalue weighted by molar-refractivity contribution is 9.28. The third kappa shape index (κ3) is 3.17. The first-order valence-corrected chi connectivity index (χ1v) is 10.6. The number of hydrogen-bond donors (Lipinski definition) is 1. The van der Waals surface area contributed by atoms with Gasteiger partial charge in [0.25, 0.3) is 0 Å². The number of halogens is 2. The summed E-state index contributed by atoms with van der Waals surface area (Å²) in [7, 11) is 0. The molecule has 4 nitrogen and oxygen atoms in total. The lowest BCUT2D eigenvalue weighted by molar-refractivity contribution is -0.145. The zero-order valence-corrected chi connectivity index (χ0v) is 19.1. The van der Waals surface area contributed by atoms with Crippen molar-refractivity contribution >= 4 is 43.6 Å². The molecule has 29 heavy (non-hydrogen) atoms. The number of hydrogen-bond acceptors (Lipinski definition) is 3. The number of rotatable bonds is 6. The van der Waals surface area contributed by atoms with Gasteiger partial charge >= 0.3 is 5.97 Å². The summed E-state index contributed by atoms with van der Waals surface area (Å²) >= 11 is 6.55. The first kappa shape index (κ1) is 21.5. The molecule has 1 fully saturated rings. The number of carboxylic acids is 1. The molecule has 2 atom stereocenters. The number of carbonyl (C=O) groups excluding carboxylic acids is 1. The van der Waals surface area contributed by atoms with E-state index in [4.69, 9.17) is 0 Å². The van der Waals surface area contributed by atoms with Gasteiger partial charge in [-0.3, -0.25) is 9.59 Å². The van der Waals surface area contributed by atoms with Crippen LogP contribution in [0.4, 0.5) is 0 Å². The van der Waals surface area contributed by atoms with Gasteiger partial charge in [-0.1, -0.05) is 62.4 Å². The molecule has 6 heteroatoms. The van der Waals surface area contributed by atoms with E-state index < -0.39 is 22.2 Å². The van der Waals surface area contributed by atoms with Crippen LogP contribution in [0.25, 0.3) is 0 Å². The molecule has 0 saturated heterocycles. The maximum Gasteiger partial charge on any atom is 0.312 e. The molecule has 0 bridgehead atoms. The minimum Gasteiger partial charge on any atom is -0.481 e. The van der Waals surface area contributed by atoms with Gasteiger partial charge in [-0.25, -0.2) is 0 Å². The Labute approximate surface area is 186 Å². The average molecular weight is 517 g/mol. The zero-order chi connectivity index (χ0) is 21.4. The second kappa shape index (κ2) is 7.55. The zero-order valence-electron chi connectivity index (χ0n) is 15.9. The SMILES string of the molecule is CC1(C)[C@](C#N)(C=C(Br)Br)[C@]1(Cc1cccc(C(=O)c2ccccc2)c1)C(=O)O. The Morgan fingerprint density at radius 2 is 1.69 bits per heavy atom. The summed E-state index contributed by atoms with van der Waals surface area (Å²) < 4.78 is 0.538. The Hall–Kier alpha value is -2.23. The maximum atomic E-state index is 12.8. The molecule has 0 aromatic heterocycles. The van der Waals surface area contributed by atoms with E-state index >= 15 is 0 Å². The van der Waals surface area contributed by atoms with E-state index in [1.807, 2.05) is 6.07 Å². The van der Waals surface area contributed by atoms with Gasteiger partial charge < -0.3 is 5.11 Å². The van der Waals surface area contributed by atoms with Gasteiger partial charge in [-0.2, -0.15) is 5.26 Å². The summed E-state index contributed by atoms with van der Waals surface area (Å²) in [5.74, 6) is -1.15. The van der Waals surface area contributed by atoms with Gasteiger partial charge in [-0.05, 0) is 56.0 Å². The van der Waals surface area contributed by atoms with Gasteiger partial charge in [0.1, 0.15) is 10.8 Å². The van der Waals surface area contributed by atoms with Crippen molar-refractivity contribution in [2.75, 3.05) is 0 Å². The minimum atomic E-state index is -1.31. The Balaban J connectivity index is 2.03. The predicted octanol–water partition coefficient (Wildman–Crippen LogP) is 5.71. The monoisotopic (exact) mass is 515 g/mol. The molecule has 0 amide bonds. The summed E-state index contributed by atoms with van der Waals surface area (Å²) in [5, 5.41) is 20.1. The second-order valence-corrected chi connectivity index (χ2v) is 10.5. The van der Waals surface area contributed by atoms with Crippen LogP contribution in [-0.2, 0) is 11.2 Å². The van der Waals surface area contributed by atoms with Crippen LogP contribution in [0.2, 0.25) is 0 Å². The normalized spacial score (nSPS) is 24.2. The third-order valence-corrected chi connectivity index (χ3v) is 6.68. The first-order chi connectivity index (χ1) is 13.6. The lowest BCUT2D eigenvalue weighted by Crippen LogP contribution is -2.26. The highest BCUT2D eigenvalue weighted by Crippen LogP contribution is 2.80. The number of carboxylic acid groups (broad SMARTS) is 1. The molecule has 0 spiro atoms. The van der Waals surface area contributed by atoms with Crippen LogP contribution in [-0.4, -0.2) is 16.9 Å². The number of carbonyl (C=O) groups is 2. The molecular weight excluding hydrogens is 498 g/mol. The summed E-state index contributed by atoms with van der Waals surface area (Å²) in [6.07, 6.45) is 1.77. The minimum absolute atomic E-state index is 0.124. The van der Waals surface area contributed by atoms with Crippen molar-refractivity contribution in [1.29, 1.82) is 5.26 Å². The van der Waals surface area contributed by atoms with Crippen molar-refractivity contribution in [3.63, 3.8) is 0 Å². The highest BCUT2D eigenvalue weighted by atomic mass is 79.9. The Kier molecular flexibility index (Phi) is 5.59. The molecule has 0 unspecified atom stereocenters. The van der Waals surface area contributed by atoms with E-state index in [1.165, 1.54) is 0 Å². The Morgan fingerprint density at radius 3 is 2.24 bits per heavy atom. The van der Waals surface area contributed by atoms with Gasteiger partial charge in [-0.15, -0.1) is 0 Å². The van der Waals surface area contributed by atoms with Crippen LogP contribution in [0.3, 0.4) is 0 Å². The van der Waals surface area contributed by atoms with Crippen LogP contribution in [0, 0.1) is 27.6 Å². The Bertz CT molecular complexity index is 1050. The number of aliphatic carboxylic acids is 1. The fraction of sp³-hybridized carbons (Fsp3) is 0.261. The first-order valence-electron chi connectivity index (χ1n) is 9.00. The predicted molar refractivity (Wildman–Crippen MR) is 118 cm³/mol. The largest absolute Gasteiger partial charge is 0.481 e. The smallest absolute Gasteiger partial charge is 0.312 e. The number of benzene rings is 2. The lowest BCUT2D eigenvalue weighted by atomic mass is 9.85. The third-order valence-electron chi connectivity index (χ3n) is 6.22. The molecule has 2 aromatic carbocycles. The van der Waals surface area contributed by atoms with E-state index in [9.17, 15) is 20.0 Å². The van der Waals surface area contributed by atoms with Crippen molar-refractivity contribution in [3.05, 3.63) is 80.8 Å². The van der Waals surface area contributed by atoms with Crippen LogP contribution in [0.1, 0.15) is 35.3 Å². The summed E-state index contributed by atoms with van der Waals surface area (Å²) in [6, 6.07) is 18.2. The molecule has 0 aliphatic heterocycles. The Morgan fingerprint density at radius 1 is 1.07 bits per heavy atom. The van der Waals surface area contributed by atoms with Crippen molar-refractivity contribution < 1.29 is 14.7 Å². The van der Waals surface area contributed by atoms with Gasteiger partial charge in [0.2, 0.25) is 0 Å². The quantitative estimate of drug-likeness (QED) is 0.498. The van der Waals surface area contributed by atoms with E-state index in [0.717, 1.165) is 0 Å². The summed E-state index contributed by atoms with van der Waals surface area (Å²) in [6.45, 7) is 3.59. The van der Waals surface area contributed by atoms with Crippen LogP contribution >= 0.6 is 31.9 Å². The molecule has 0 radical (unpaired) electrons. The lowest BCUT2D eigenvalue weighted by Gasteiger charge is -2.16. The molecule has 2 aromatic rings. The number of ketones is 1. The van der Waals surface area contributed by atoms with Crippen molar-refractivity contribution in [3.8, 4) is 6.07 Å². The van der Waals surface area contributed by atoms with E-state index in [1.54, 1.807) is 68.5 Å². The number of nitriles is 1. The summed E-state index contributed by atoms with van der Waals surface area (Å²) in [4.78, 5) is 25.2. The van der Waals surface area contributed by atoms with Crippen LogP contribution in [0.5, 0.6) is 0 Å². The second-order valence-electron chi connectivity index (χ2n) is 7.76. The average Bonchev–Trinajstić information content (AvgIpc) is 3.10. The topological polar surface area (TPSA) is 78.2 Å². The van der Waals surface area contributed by atoms with E-state index in [2.05, 4.69) is 37.9 Å². The molecule has 1 saturated carbocycles. The number of nitrogens with zero attached hydrogens (tertiary/aromatic N) is 1. The van der Waals surface area contributed by atoms with Crippen molar-refractivity contribution in [2.24, 2.45) is 16.2 Å². The fourth-order valence-corrected chi connectivity index (χ4v) is 5.18. The standard InChI is InChI=1S/C23H19Br2NO3/c1-21(2)22(14-26,13-18(24)25)23(21,20(28)29)12-15-7-6-10-17(11-15)19(27)16-8-4-3-5-9-16/h3-11,13H,12H2,1-2H3,(H,28,29)/t22-,23-/m1/s1. The highest BCUT2D eigenvalue weighted by Gasteiger charge is 2.86. The fourth-order valence-electron chi connectivity index (χ4n) is 4.49. The van der Waals surface area contributed by atoms with Crippen molar-refractivity contribution in [2.45, 2.75) is 20.3 Å². The van der Waals surface area contributed by atoms with Crippen LogP contribution < -0.4 is 0 Å². The molecular formula is C23H19Br2NO3. The molecule has 1 N–H and O–H groups in total.